The number of rotatable bonds is 2. The first-order valence-electron chi connectivity index (χ1n) is 3.15. The van der Waals surface area contributed by atoms with Gasteiger partial charge in [-0.05, 0) is 22.6 Å². The van der Waals surface area contributed by atoms with Crippen molar-refractivity contribution in [2.75, 3.05) is 0 Å². The highest BCUT2D eigenvalue weighted by molar-refractivity contribution is 14.1. The van der Waals surface area contributed by atoms with Crippen LogP contribution in [0.3, 0.4) is 0 Å². The lowest BCUT2D eigenvalue weighted by Crippen LogP contribution is -2.02. The first-order valence-corrected chi connectivity index (χ1v) is 4.23. The van der Waals surface area contributed by atoms with E-state index in [0.717, 1.165) is 6.20 Å². The predicted octanol–water partition coefficient (Wildman–Crippen LogP) is 2.58. The maximum atomic E-state index is 12.7. The summed E-state index contributed by atoms with van der Waals surface area (Å²) in [6.07, 6.45) is -1.84. The fourth-order valence-corrected chi connectivity index (χ4v) is 1.49. The Balaban J connectivity index is 3.41. The van der Waals surface area contributed by atoms with Crippen LogP contribution in [-0.4, -0.2) is 11.3 Å². The van der Waals surface area contributed by atoms with E-state index in [9.17, 15) is 18.0 Å². The summed E-state index contributed by atoms with van der Waals surface area (Å²) in [5, 5.41) is 0. The fourth-order valence-electron chi connectivity index (χ4n) is 0.806. The van der Waals surface area contributed by atoms with Gasteiger partial charge in [-0.15, -0.1) is 0 Å². The molecule has 0 saturated carbocycles. The zero-order valence-corrected chi connectivity index (χ0v) is 8.26. The summed E-state index contributed by atoms with van der Waals surface area (Å²) in [4.78, 5) is 13.4. The molecule has 70 valence electrons. The average molecular weight is 301 g/mol. The van der Waals surface area contributed by atoms with Gasteiger partial charge in [0.05, 0.1) is 3.57 Å². The molecule has 0 atom stereocenters. The number of pyridine rings is 1. The number of aromatic nitrogens is 1. The number of nitrogens with zero attached hydrogens (tertiary/aromatic N) is 1. The van der Waals surface area contributed by atoms with Crippen molar-refractivity contribution >= 4 is 28.9 Å². The van der Waals surface area contributed by atoms with E-state index in [1.54, 1.807) is 0 Å². The van der Waals surface area contributed by atoms with Gasteiger partial charge in [0, 0.05) is 17.3 Å². The Kier molecular flexibility index (Phi) is 3.23. The molecular formula is C7H3F3INO. The van der Waals surface area contributed by atoms with Gasteiger partial charge in [-0.3, -0.25) is 4.79 Å². The third-order valence-electron chi connectivity index (χ3n) is 1.39. The molecule has 0 aliphatic rings. The van der Waals surface area contributed by atoms with Crippen molar-refractivity contribution in [3.8, 4) is 0 Å². The van der Waals surface area contributed by atoms with Crippen molar-refractivity contribution in [2.24, 2.45) is 0 Å². The molecule has 13 heavy (non-hydrogen) atoms. The lowest BCUT2D eigenvalue weighted by atomic mass is 10.1. The summed E-state index contributed by atoms with van der Waals surface area (Å²) in [6, 6.07) is 0. The summed E-state index contributed by atoms with van der Waals surface area (Å²) in [5.41, 5.74) is -0.871. The largest absolute Gasteiger partial charge is 0.298 e. The van der Waals surface area contributed by atoms with Crippen molar-refractivity contribution in [2.45, 2.75) is 6.43 Å². The third kappa shape index (κ3) is 1.98. The predicted molar refractivity (Wildman–Crippen MR) is 47.3 cm³/mol. The molecule has 2 nitrogen and oxygen atoms in total. The van der Waals surface area contributed by atoms with Gasteiger partial charge in [-0.25, -0.2) is 13.8 Å². The topological polar surface area (TPSA) is 30.0 Å². The first kappa shape index (κ1) is 10.4. The Morgan fingerprint density at radius 1 is 1.54 bits per heavy atom. The number of halogens is 4. The zero-order valence-electron chi connectivity index (χ0n) is 6.10. The lowest BCUT2D eigenvalue weighted by molar-refractivity contribution is 0.110. The molecule has 0 bridgehead atoms. The molecule has 0 aliphatic heterocycles. The maximum absolute atomic E-state index is 12.7. The van der Waals surface area contributed by atoms with Gasteiger partial charge >= 0.3 is 0 Å². The molecule has 0 spiro atoms. The summed E-state index contributed by atoms with van der Waals surface area (Å²) in [6.45, 7) is 0. The van der Waals surface area contributed by atoms with Crippen molar-refractivity contribution in [1.29, 1.82) is 0 Å². The van der Waals surface area contributed by atoms with E-state index >= 15 is 0 Å². The minimum Gasteiger partial charge on any atom is -0.298 e. The Labute approximate surface area is 85.3 Å². The molecule has 0 aromatic carbocycles. The summed E-state index contributed by atoms with van der Waals surface area (Å²) >= 11 is 1.39. The number of carbonyl (C=O) groups excluding carboxylic acids is 1. The van der Waals surface area contributed by atoms with Crippen molar-refractivity contribution in [3.05, 3.63) is 26.8 Å². The van der Waals surface area contributed by atoms with Gasteiger partial charge in [0.25, 0.3) is 6.43 Å². The highest BCUT2D eigenvalue weighted by Gasteiger charge is 2.20. The van der Waals surface area contributed by atoms with Crippen LogP contribution < -0.4 is 0 Å². The van der Waals surface area contributed by atoms with Crippen LogP contribution in [0.4, 0.5) is 13.2 Å². The highest BCUT2D eigenvalue weighted by Crippen LogP contribution is 2.27. The van der Waals surface area contributed by atoms with Crippen LogP contribution in [0.15, 0.2) is 6.20 Å². The summed E-state index contributed by atoms with van der Waals surface area (Å²) < 4.78 is 37.0. The summed E-state index contributed by atoms with van der Waals surface area (Å²) in [5.74, 6) is -0.985. The van der Waals surface area contributed by atoms with Gasteiger partial charge in [-0.2, -0.15) is 4.39 Å². The molecule has 1 aromatic rings. The molecule has 0 unspecified atom stereocenters. The van der Waals surface area contributed by atoms with Crippen molar-refractivity contribution < 1.29 is 18.0 Å². The fraction of sp³-hybridized carbons (Fsp3) is 0.143. The quantitative estimate of drug-likeness (QED) is 0.477. The molecule has 1 aromatic heterocycles. The molecule has 0 aliphatic carbocycles. The second kappa shape index (κ2) is 4.03. The number of aldehydes is 1. The average Bonchev–Trinajstić information content (AvgIpc) is 2.08. The van der Waals surface area contributed by atoms with Crippen LogP contribution in [0.2, 0.25) is 0 Å². The van der Waals surface area contributed by atoms with Crippen LogP contribution >= 0.6 is 22.6 Å². The number of carbonyl (C=O) groups is 1. The number of hydrogen-bond acceptors (Lipinski definition) is 2. The Morgan fingerprint density at radius 3 is 2.62 bits per heavy atom. The number of alkyl halides is 2. The van der Waals surface area contributed by atoms with Gasteiger partial charge in [0.2, 0.25) is 5.95 Å². The van der Waals surface area contributed by atoms with Gasteiger partial charge in [0.15, 0.2) is 6.29 Å². The standard InChI is InChI=1S/C7H3F3INO/c8-6(9)4-3(2-13)1-12-7(10)5(4)11/h1-2,6H. The monoisotopic (exact) mass is 301 g/mol. The van der Waals surface area contributed by atoms with Gasteiger partial charge in [-0.1, -0.05) is 0 Å². The van der Waals surface area contributed by atoms with Gasteiger partial charge in [0.1, 0.15) is 0 Å². The molecule has 0 amide bonds. The van der Waals surface area contributed by atoms with Gasteiger partial charge < -0.3 is 0 Å². The Hall–Kier alpha value is -0.660. The number of hydrogen-bond donors (Lipinski definition) is 0. The van der Waals surface area contributed by atoms with E-state index in [0.29, 0.717) is 0 Å². The van der Waals surface area contributed by atoms with E-state index in [2.05, 4.69) is 4.98 Å². The molecule has 0 N–H and O–H groups in total. The van der Waals surface area contributed by atoms with Crippen LogP contribution in [0, 0.1) is 9.52 Å². The SMILES string of the molecule is O=Cc1cnc(F)c(I)c1C(F)F. The van der Waals surface area contributed by atoms with E-state index in [1.807, 2.05) is 0 Å². The van der Waals surface area contributed by atoms with E-state index in [-0.39, 0.29) is 15.4 Å². The van der Waals surface area contributed by atoms with E-state index in [4.69, 9.17) is 0 Å². The molecule has 1 rings (SSSR count). The van der Waals surface area contributed by atoms with Crippen LogP contribution in [0.1, 0.15) is 22.3 Å². The highest BCUT2D eigenvalue weighted by atomic mass is 127. The lowest BCUT2D eigenvalue weighted by Gasteiger charge is -2.05. The van der Waals surface area contributed by atoms with Crippen LogP contribution in [-0.2, 0) is 0 Å². The second-order valence-corrected chi connectivity index (χ2v) is 3.23. The molecular weight excluding hydrogens is 298 g/mol. The van der Waals surface area contributed by atoms with E-state index in [1.165, 1.54) is 22.6 Å². The molecule has 0 saturated heterocycles. The van der Waals surface area contributed by atoms with E-state index < -0.39 is 17.9 Å². The normalized spacial score (nSPS) is 10.5. The minimum absolute atomic E-state index is 0.232. The smallest absolute Gasteiger partial charge is 0.265 e. The maximum Gasteiger partial charge on any atom is 0.265 e. The molecule has 0 fully saturated rings. The van der Waals surface area contributed by atoms with Crippen molar-refractivity contribution in [1.82, 2.24) is 4.98 Å². The first-order chi connectivity index (χ1) is 6.07. The van der Waals surface area contributed by atoms with Crippen LogP contribution in [0.5, 0.6) is 0 Å². The third-order valence-corrected chi connectivity index (χ3v) is 2.42. The Bertz CT molecular complexity index is 343. The molecule has 1 heterocycles. The minimum atomic E-state index is -2.87. The van der Waals surface area contributed by atoms with Crippen molar-refractivity contribution in [3.63, 3.8) is 0 Å². The Morgan fingerprint density at radius 2 is 2.15 bits per heavy atom. The second-order valence-electron chi connectivity index (χ2n) is 2.15. The zero-order chi connectivity index (χ0) is 10.0. The van der Waals surface area contributed by atoms with Crippen LogP contribution in [0.25, 0.3) is 0 Å². The molecule has 0 radical (unpaired) electrons. The summed E-state index contributed by atoms with van der Waals surface area (Å²) in [7, 11) is 0. The molecule has 6 heteroatoms.